The molecule has 0 bridgehead atoms. The summed E-state index contributed by atoms with van der Waals surface area (Å²) < 4.78 is 0. The maximum Gasteiger partial charge on any atom is 0.222 e. The minimum absolute atomic E-state index is 0.00156. The lowest BCUT2D eigenvalue weighted by Gasteiger charge is -2.21. The van der Waals surface area contributed by atoms with E-state index in [1.54, 1.807) is 6.08 Å². The summed E-state index contributed by atoms with van der Waals surface area (Å²) in [6.07, 6.45) is 77.1. The number of allylic oxidation sites excluding steroid dienone is 9. The van der Waals surface area contributed by atoms with Crippen molar-refractivity contribution in [1.29, 1.82) is 0 Å². The van der Waals surface area contributed by atoms with Gasteiger partial charge < -0.3 is 20.6 Å². The minimum atomic E-state index is -0.962. The summed E-state index contributed by atoms with van der Waals surface area (Å²) in [5.41, 5.74) is 0. The predicted molar refractivity (Wildman–Crippen MR) is 296 cm³/mol. The molecular formula is C62H115NO4. The Balaban J connectivity index is 3.58. The van der Waals surface area contributed by atoms with Crippen LogP contribution in [-0.4, -0.2) is 46.1 Å². The van der Waals surface area contributed by atoms with Crippen LogP contribution in [0, 0.1) is 0 Å². The molecule has 4 N–H and O–H groups in total. The van der Waals surface area contributed by atoms with Crippen LogP contribution in [0.5, 0.6) is 0 Å². The lowest BCUT2D eigenvalue weighted by Crippen LogP contribution is -2.45. The molecule has 0 aliphatic rings. The summed E-state index contributed by atoms with van der Waals surface area (Å²) in [6, 6.07) is -0.770. The molecule has 0 heterocycles. The summed E-state index contributed by atoms with van der Waals surface area (Å²) in [5.74, 6) is -0.328. The third-order valence-corrected chi connectivity index (χ3v) is 13.5. The van der Waals surface area contributed by atoms with Crippen molar-refractivity contribution in [2.45, 2.75) is 321 Å². The second-order valence-corrected chi connectivity index (χ2v) is 20.2. The highest BCUT2D eigenvalue weighted by atomic mass is 16.3. The molecule has 0 aliphatic heterocycles. The molecule has 0 saturated carbocycles. The molecule has 392 valence electrons. The van der Waals surface area contributed by atoms with E-state index in [-0.39, 0.29) is 18.9 Å². The first kappa shape index (κ1) is 65.0. The number of amides is 1. The van der Waals surface area contributed by atoms with Crippen LogP contribution in [0.4, 0.5) is 0 Å². The molecule has 0 radical (unpaired) electrons. The van der Waals surface area contributed by atoms with Crippen LogP contribution in [0.3, 0.4) is 0 Å². The van der Waals surface area contributed by atoms with E-state index in [9.17, 15) is 20.1 Å². The third-order valence-electron chi connectivity index (χ3n) is 13.5. The average molecular weight is 939 g/mol. The number of hydrogen-bond donors (Lipinski definition) is 4. The van der Waals surface area contributed by atoms with Crippen molar-refractivity contribution < 1.29 is 20.1 Å². The fourth-order valence-electron chi connectivity index (χ4n) is 8.99. The molecule has 0 spiro atoms. The number of rotatable bonds is 54. The normalized spacial score (nSPS) is 13.7. The number of hydrogen-bond acceptors (Lipinski definition) is 4. The van der Waals surface area contributed by atoms with E-state index < -0.39 is 18.2 Å². The Morgan fingerprint density at radius 3 is 1.04 bits per heavy atom. The number of aliphatic hydroxyl groups is 3. The summed E-state index contributed by atoms with van der Waals surface area (Å²) >= 11 is 0. The molecule has 5 heteroatoms. The number of nitrogens with one attached hydrogen (secondary N) is 1. The van der Waals surface area contributed by atoms with Gasteiger partial charge in [0.2, 0.25) is 5.91 Å². The Hall–Kier alpha value is -1.95. The van der Waals surface area contributed by atoms with Crippen LogP contribution in [0.1, 0.15) is 303 Å². The third kappa shape index (κ3) is 53.3. The molecule has 0 saturated heterocycles. The van der Waals surface area contributed by atoms with Gasteiger partial charge in [-0.2, -0.15) is 0 Å². The van der Waals surface area contributed by atoms with Gasteiger partial charge in [0.15, 0.2) is 0 Å². The summed E-state index contributed by atoms with van der Waals surface area (Å²) in [5, 5.41) is 33.4. The van der Waals surface area contributed by atoms with Gasteiger partial charge in [-0.15, -0.1) is 0 Å². The Morgan fingerprint density at radius 2 is 0.687 bits per heavy atom. The summed E-state index contributed by atoms with van der Waals surface area (Å²) in [4.78, 5) is 12.5. The van der Waals surface area contributed by atoms with Crippen LogP contribution in [0.25, 0.3) is 0 Å². The van der Waals surface area contributed by atoms with E-state index in [4.69, 9.17) is 0 Å². The highest BCUT2D eigenvalue weighted by molar-refractivity contribution is 5.76. The number of carbonyl (C=O) groups is 1. The van der Waals surface area contributed by atoms with E-state index in [1.165, 1.54) is 231 Å². The molecule has 0 aromatic heterocycles. The van der Waals surface area contributed by atoms with Crippen LogP contribution < -0.4 is 5.32 Å². The quantitative estimate of drug-likeness (QED) is 0.0361. The highest BCUT2D eigenvalue weighted by Gasteiger charge is 2.20. The first-order valence-electron chi connectivity index (χ1n) is 29.6. The zero-order chi connectivity index (χ0) is 48.6. The molecular weight excluding hydrogens is 823 g/mol. The molecule has 0 aromatic rings. The van der Waals surface area contributed by atoms with E-state index in [2.05, 4.69) is 67.8 Å². The van der Waals surface area contributed by atoms with Crippen LogP contribution in [-0.2, 0) is 4.79 Å². The van der Waals surface area contributed by atoms with Gasteiger partial charge in [-0.1, -0.05) is 280 Å². The Morgan fingerprint density at radius 1 is 0.388 bits per heavy atom. The highest BCUT2D eigenvalue weighted by Crippen LogP contribution is 2.17. The van der Waals surface area contributed by atoms with Gasteiger partial charge in [-0.05, 0) is 77.0 Å². The lowest BCUT2D eigenvalue weighted by molar-refractivity contribution is -0.124. The van der Waals surface area contributed by atoms with Crippen molar-refractivity contribution in [2.75, 3.05) is 6.61 Å². The molecule has 1 amide bonds. The number of carbonyl (C=O) groups excluding carboxylic acids is 1. The van der Waals surface area contributed by atoms with Crippen molar-refractivity contribution >= 4 is 5.91 Å². The Kier molecular flexibility index (Phi) is 55.0. The van der Waals surface area contributed by atoms with E-state index >= 15 is 0 Å². The fourth-order valence-corrected chi connectivity index (χ4v) is 8.99. The maximum atomic E-state index is 12.5. The van der Waals surface area contributed by atoms with Gasteiger partial charge in [0.25, 0.3) is 0 Å². The van der Waals surface area contributed by atoms with Crippen LogP contribution in [0.15, 0.2) is 60.8 Å². The summed E-state index contributed by atoms with van der Waals surface area (Å²) in [6.45, 7) is 4.22. The topological polar surface area (TPSA) is 89.8 Å². The molecule has 5 nitrogen and oxygen atoms in total. The molecule has 0 aromatic carbocycles. The van der Waals surface area contributed by atoms with Gasteiger partial charge in [0.05, 0.1) is 31.3 Å². The average Bonchev–Trinajstić information content (AvgIpc) is 3.32. The smallest absolute Gasteiger partial charge is 0.222 e. The van der Waals surface area contributed by atoms with Crippen molar-refractivity contribution in [1.82, 2.24) is 5.32 Å². The van der Waals surface area contributed by atoms with Crippen molar-refractivity contribution in [3.8, 4) is 0 Å². The minimum Gasteiger partial charge on any atom is -0.394 e. The zero-order valence-corrected chi connectivity index (χ0v) is 44.8. The first-order valence-corrected chi connectivity index (χ1v) is 29.6. The van der Waals surface area contributed by atoms with Crippen LogP contribution in [0.2, 0.25) is 0 Å². The second-order valence-electron chi connectivity index (χ2n) is 20.2. The van der Waals surface area contributed by atoms with Gasteiger partial charge >= 0.3 is 0 Å². The van der Waals surface area contributed by atoms with Gasteiger partial charge in [-0.3, -0.25) is 4.79 Å². The van der Waals surface area contributed by atoms with Gasteiger partial charge in [0.1, 0.15) is 0 Å². The maximum absolute atomic E-state index is 12.5. The largest absolute Gasteiger partial charge is 0.394 e. The van der Waals surface area contributed by atoms with Gasteiger partial charge in [0, 0.05) is 0 Å². The van der Waals surface area contributed by atoms with Crippen LogP contribution >= 0.6 is 0 Å². The lowest BCUT2D eigenvalue weighted by atomic mass is 10.0. The second kappa shape index (κ2) is 56.6. The molecule has 67 heavy (non-hydrogen) atoms. The first-order chi connectivity index (χ1) is 33.0. The zero-order valence-electron chi connectivity index (χ0n) is 44.8. The molecule has 0 aliphatic carbocycles. The molecule has 3 unspecified atom stereocenters. The Labute approximate surface area is 418 Å². The molecule has 3 atom stereocenters. The van der Waals surface area contributed by atoms with E-state index in [0.29, 0.717) is 6.42 Å². The van der Waals surface area contributed by atoms with Crippen molar-refractivity contribution in [2.24, 2.45) is 0 Å². The number of aliphatic hydroxyl groups excluding tert-OH is 3. The molecule has 0 rings (SSSR count). The van der Waals surface area contributed by atoms with E-state index in [1.807, 2.05) is 6.08 Å². The van der Waals surface area contributed by atoms with E-state index in [0.717, 1.165) is 44.9 Å². The number of unbranched alkanes of at least 4 members (excludes halogenated alkanes) is 37. The van der Waals surface area contributed by atoms with Crippen molar-refractivity contribution in [3.63, 3.8) is 0 Å². The standard InChI is InChI=1S/C62H115NO4/c1-3-5-7-9-11-13-15-17-19-21-23-24-25-26-27-28-29-30-31-32-33-34-35-36-38-39-41-43-45-47-49-51-53-55-59(65)57-62(67)63-60(58-64)61(66)56-54-52-50-48-46-44-42-40-37-22-20-18-16-14-12-10-8-6-4-2/h25-26,28-29,37,40,46,48,54,56,59-61,64-66H,3-24,27,30-36,38-39,41-45,47,49-53,55,57-58H2,1-2H3,(H,63,67)/b26-25-,29-28-,40-37+,48-46+,56-54+. The Bertz CT molecular complexity index is 1130. The molecule has 0 fully saturated rings. The predicted octanol–water partition coefficient (Wildman–Crippen LogP) is 18.6. The fraction of sp³-hybridized carbons (Fsp3) is 0.823. The SMILES string of the molecule is CCCCCCCCCCC/C=C/CC/C=C/CC/C=C/C(O)C(CO)NC(=O)CC(O)CCCCCCCCCCCCCCCCC/C=C\C/C=C\CCCCCCCCCCCCC. The monoisotopic (exact) mass is 938 g/mol. The van der Waals surface area contributed by atoms with Gasteiger partial charge in [-0.25, -0.2) is 0 Å². The van der Waals surface area contributed by atoms with Crippen molar-refractivity contribution in [3.05, 3.63) is 60.8 Å². The summed E-state index contributed by atoms with van der Waals surface area (Å²) in [7, 11) is 0.